The SMILES string of the molecule is O=C(C1CCCCC1)N(CC1CCCO1)c1nc2ccc(OC(F)(F)F)cc2s1. The molecule has 2 aromatic rings. The fourth-order valence-electron chi connectivity index (χ4n) is 4.03. The number of ether oxygens (including phenoxy) is 2. The lowest BCUT2D eigenvalue weighted by atomic mass is 9.88. The molecule has 0 radical (unpaired) electrons. The van der Waals surface area contributed by atoms with Crippen molar-refractivity contribution in [2.75, 3.05) is 18.1 Å². The Kier molecular flexibility index (Phi) is 5.96. The first-order valence-corrected chi connectivity index (χ1v) is 10.8. The molecule has 9 heteroatoms. The van der Waals surface area contributed by atoms with Gasteiger partial charge in [-0.15, -0.1) is 13.2 Å². The van der Waals surface area contributed by atoms with Gasteiger partial charge in [-0.25, -0.2) is 4.98 Å². The molecule has 0 spiro atoms. The molecule has 1 aliphatic heterocycles. The van der Waals surface area contributed by atoms with Crippen LogP contribution < -0.4 is 9.64 Å². The zero-order valence-electron chi connectivity index (χ0n) is 15.9. The standard InChI is InChI=1S/C20H23F3N2O3S/c21-20(22,23)28-14-8-9-16-17(11-14)29-19(24-16)25(12-15-7-4-10-27-15)18(26)13-5-2-1-3-6-13/h8-9,11,13,15H,1-7,10,12H2. The highest BCUT2D eigenvalue weighted by atomic mass is 32.1. The molecule has 1 amide bonds. The van der Waals surface area contributed by atoms with Crippen molar-refractivity contribution < 1.29 is 27.4 Å². The van der Waals surface area contributed by atoms with Gasteiger partial charge in [0.15, 0.2) is 5.13 Å². The number of halogens is 3. The number of anilines is 1. The van der Waals surface area contributed by atoms with Crippen LogP contribution in [0.3, 0.4) is 0 Å². The average Bonchev–Trinajstić information content (AvgIpc) is 3.34. The molecule has 5 nitrogen and oxygen atoms in total. The Morgan fingerprint density at radius 2 is 2.00 bits per heavy atom. The van der Waals surface area contributed by atoms with Gasteiger partial charge < -0.3 is 9.47 Å². The summed E-state index contributed by atoms with van der Waals surface area (Å²) in [5.74, 6) is -0.267. The lowest BCUT2D eigenvalue weighted by Gasteiger charge is -2.29. The van der Waals surface area contributed by atoms with Gasteiger partial charge in [-0.1, -0.05) is 30.6 Å². The van der Waals surface area contributed by atoms with E-state index in [0.717, 1.165) is 44.9 Å². The smallest absolute Gasteiger partial charge is 0.406 e. The van der Waals surface area contributed by atoms with E-state index in [1.165, 1.54) is 29.5 Å². The first kappa shape index (κ1) is 20.4. The van der Waals surface area contributed by atoms with E-state index in [4.69, 9.17) is 4.74 Å². The van der Waals surface area contributed by atoms with Gasteiger partial charge in [-0.05, 0) is 37.8 Å². The minimum atomic E-state index is -4.75. The molecular formula is C20H23F3N2O3S. The Bertz CT molecular complexity index is 858. The number of benzene rings is 1. The lowest BCUT2D eigenvalue weighted by Crippen LogP contribution is -2.41. The van der Waals surface area contributed by atoms with Gasteiger partial charge in [0.05, 0.1) is 22.9 Å². The van der Waals surface area contributed by atoms with Crippen LogP contribution in [0.5, 0.6) is 5.75 Å². The Morgan fingerprint density at radius 1 is 1.21 bits per heavy atom. The summed E-state index contributed by atoms with van der Waals surface area (Å²) in [6.45, 7) is 1.12. The van der Waals surface area contributed by atoms with Crippen molar-refractivity contribution in [1.29, 1.82) is 0 Å². The highest BCUT2D eigenvalue weighted by Crippen LogP contribution is 2.35. The first-order valence-electron chi connectivity index (χ1n) is 9.98. The minimum absolute atomic E-state index is 0.0266. The van der Waals surface area contributed by atoms with Gasteiger partial charge in [-0.2, -0.15) is 0 Å². The van der Waals surface area contributed by atoms with E-state index in [-0.39, 0.29) is 23.7 Å². The third kappa shape index (κ3) is 5.01. The number of fused-ring (bicyclic) bond motifs is 1. The number of hydrogen-bond acceptors (Lipinski definition) is 5. The van der Waals surface area contributed by atoms with E-state index >= 15 is 0 Å². The van der Waals surface area contributed by atoms with Gasteiger partial charge in [-0.3, -0.25) is 9.69 Å². The van der Waals surface area contributed by atoms with Crippen LogP contribution in [0, 0.1) is 5.92 Å². The van der Waals surface area contributed by atoms with Crippen molar-refractivity contribution in [2.24, 2.45) is 5.92 Å². The topological polar surface area (TPSA) is 51.7 Å². The van der Waals surface area contributed by atoms with Crippen LogP contribution in [0.25, 0.3) is 10.2 Å². The Morgan fingerprint density at radius 3 is 2.69 bits per heavy atom. The van der Waals surface area contributed by atoms with Crippen LogP contribution in [0.1, 0.15) is 44.9 Å². The number of carbonyl (C=O) groups is 1. The van der Waals surface area contributed by atoms with E-state index in [1.807, 2.05) is 0 Å². The fourth-order valence-corrected chi connectivity index (χ4v) is 5.04. The molecule has 1 unspecified atom stereocenters. The molecule has 1 saturated heterocycles. The third-order valence-corrected chi connectivity index (χ3v) is 6.48. The molecule has 4 rings (SSSR count). The van der Waals surface area contributed by atoms with Crippen LogP contribution in [0.15, 0.2) is 18.2 Å². The molecule has 1 saturated carbocycles. The van der Waals surface area contributed by atoms with E-state index in [0.29, 0.717) is 28.5 Å². The second-order valence-electron chi connectivity index (χ2n) is 7.59. The number of amides is 1. The molecule has 158 valence electrons. The average molecular weight is 428 g/mol. The van der Waals surface area contributed by atoms with Crippen LogP contribution in [-0.4, -0.2) is 36.5 Å². The van der Waals surface area contributed by atoms with Crippen molar-refractivity contribution in [1.82, 2.24) is 4.98 Å². The zero-order valence-corrected chi connectivity index (χ0v) is 16.7. The van der Waals surface area contributed by atoms with E-state index < -0.39 is 6.36 Å². The van der Waals surface area contributed by atoms with Gasteiger partial charge >= 0.3 is 6.36 Å². The maximum Gasteiger partial charge on any atom is 0.573 e. The Labute approximate surface area is 170 Å². The van der Waals surface area contributed by atoms with Crippen molar-refractivity contribution in [3.8, 4) is 5.75 Å². The summed E-state index contributed by atoms with van der Waals surface area (Å²) in [6.07, 6.45) is 2.06. The number of nitrogens with zero attached hydrogens (tertiary/aromatic N) is 2. The number of aromatic nitrogens is 1. The predicted octanol–water partition coefficient (Wildman–Crippen LogP) is 5.29. The first-order chi connectivity index (χ1) is 13.9. The molecule has 0 N–H and O–H groups in total. The quantitative estimate of drug-likeness (QED) is 0.650. The van der Waals surface area contributed by atoms with Crippen LogP contribution in [-0.2, 0) is 9.53 Å². The highest BCUT2D eigenvalue weighted by molar-refractivity contribution is 7.22. The third-order valence-electron chi connectivity index (χ3n) is 5.44. The summed E-state index contributed by atoms with van der Waals surface area (Å²) >= 11 is 1.21. The van der Waals surface area contributed by atoms with Gasteiger partial charge in [0.2, 0.25) is 5.91 Å². The number of rotatable bonds is 5. The predicted molar refractivity (Wildman–Crippen MR) is 104 cm³/mol. The molecule has 0 bridgehead atoms. The largest absolute Gasteiger partial charge is 0.573 e. The van der Waals surface area contributed by atoms with Crippen LogP contribution in [0.4, 0.5) is 18.3 Å². The minimum Gasteiger partial charge on any atom is -0.406 e. The summed E-state index contributed by atoms with van der Waals surface area (Å²) in [4.78, 5) is 19.5. The van der Waals surface area contributed by atoms with Crippen molar-refractivity contribution in [3.05, 3.63) is 18.2 Å². The zero-order chi connectivity index (χ0) is 20.4. The number of carbonyl (C=O) groups excluding carboxylic acids is 1. The van der Waals surface area contributed by atoms with Gasteiger partial charge in [0, 0.05) is 18.6 Å². The molecule has 29 heavy (non-hydrogen) atoms. The second-order valence-corrected chi connectivity index (χ2v) is 8.60. The maximum absolute atomic E-state index is 13.3. The second kappa shape index (κ2) is 8.47. The maximum atomic E-state index is 13.3. The highest BCUT2D eigenvalue weighted by Gasteiger charge is 2.33. The summed E-state index contributed by atoms with van der Waals surface area (Å²) < 4.78 is 47.8. The van der Waals surface area contributed by atoms with Crippen LogP contribution >= 0.6 is 11.3 Å². The van der Waals surface area contributed by atoms with Crippen LogP contribution in [0.2, 0.25) is 0 Å². The van der Waals surface area contributed by atoms with Gasteiger partial charge in [0.1, 0.15) is 5.75 Å². The molecule has 2 fully saturated rings. The summed E-state index contributed by atoms with van der Waals surface area (Å²) in [5, 5.41) is 0.509. The molecule has 2 aliphatic rings. The summed E-state index contributed by atoms with van der Waals surface area (Å²) in [5.41, 5.74) is 0.549. The molecule has 2 heterocycles. The molecule has 1 aliphatic carbocycles. The van der Waals surface area contributed by atoms with E-state index in [9.17, 15) is 18.0 Å². The normalized spacial score (nSPS) is 20.9. The summed E-state index contributed by atoms with van der Waals surface area (Å²) in [7, 11) is 0. The fraction of sp³-hybridized carbons (Fsp3) is 0.600. The molecule has 1 aromatic heterocycles. The van der Waals surface area contributed by atoms with Gasteiger partial charge in [0.25, 0.3) is 0 Å². The van der Waals surface area contributed by atoms with Crippen molar-refractivity contribution in [3.63, 3.8) is 0 Å². The lowest BCUT2D eigenvalue weighted by molar-refractivity contribution is -0.274. The number of hydrogen-bond donors (Lipinski definition) is 0. The van der Waals surface area contributed by atoms with E-state index in [1.54, 1.807) is 4.90 Å². The van der Waals surface area contributed by atoms with Crippen molar-refractivity contribution in [2.45, 2.75) is 57.4 Å². The molecule has 1 atom stereocenters. The van der Waals surface area contributed by atoms with Crippen molar-refractivity contribution >= 4 is 32.6 Å². The Balaban J connectivity index is 1.61. The monoisotopic (exact) mass is 428 g/mol. The Hall–Kier alpha value is -1.87. The number of alkyl halides is 3. The summed E-state index contributed by atoms with van der Waals surface area (Å²) in [6, 6.07) is 4.05. The number of thiazole rings is 1. The molecule has 1 aromatic carbocycles. The molecular weight excluding hydrogens is 405 g/mol. The van der Waals surface area contributed by atoms with E-state index in [2.05, 4.69) is 9.72 Å².